The van der Waals surface area contributed by atoms with Gasteiger partial charge in [-0.3, -0.25) is 14.3 Å². The van der Waals surface area contributed by atoms with Gasteiger partial charge in [0.15, 0.2) is 0 Å². The summed E-state index contributed by atoms with van der Waals surface area (Å²) in [5.74, 6) is -0.139. The monoisotopic (exact) mass is 340 g/mol. The van der Waals surface area contributed by atoms with Crippen molar-refractivity contribution in [1.82, 2.24) is 14.7 Å². The van der Waals surface area contributed by atoms with Gasteiger partial charge in [0, 0.05) is 37.1 Å². The predicted molar refractivity (Wildman–Crippen MR) is 96.7 cm³/mol. The zero-order chi connectivity index (χ0) is 18.0. The molecule has 0 aliphatic carbocycles. The molecule has 1 N–H and O–H groups in total. The molecular formula is C19H24N4O2. The summed E-state index contributed by atoms with van der Waals surface area (Å²) < 4.78 is 1.59. The zero-order valence-electron chi connectivity index (χ0n) is 15.0. The van der Waals surface area contributed by atoms with Crippen LogP contribution in [-0.2, 0) is 7.05 Å². The molecule has 0 bridgehead atoms. The average molecular weight is 340 g/mol. The summed E-state index contributed by atoms with van der Waals surface area (Å²) in [4.78, 5) is 26.9. The summed E-state index contributed by atoms with van der Waals surface area (Å²) in [6, 6.07) is 5.72. The van der Waals surface area contributed by atoms with E-state index >= 15 is 0 Å². The topological polar surface area (TPSA) is 67.2 Å². The molecule has 0 spiro atoms. The number of amides is 2. The largest absolute Gasteiger partial charge is 0.336 e. The summed E-state index contributed by atoms with van der Waals surface area (Å²) in [5.41, 5.74) is 2.75. The second-order valence-corrected chi connectivity index (χ2v) is 6.73. The number of nitrogens with zero attached hydrogens (tertiary/aromatic N) is 3. The van der Waals surface area contributed by atoms with Gasteiger partial charge >= 0.3 is 0 Å². The molecule has 2 aromatic rings. The van der Waals surface area contributed by atoms with Crippen molar-refractivity contribution in [3.8, 4) is 0 Å². The molecule has 1 aromatic carbocycles. The molecule has 6 heteroatoms. The Hall–Kier alpha value is -2.63. The number of anilines is 1. The molecule has 3 rings (SSSR count). The molecule has 1 unspecified atom stereocenters. The van der Waals surface area contributed by atoms with Crippen LogP contribution in [0.2, 0.25) is 0 Å². The van der Waals surface area contributed by atoms with Crippen molar-refractivity contribution in [3.63, 3.8) is 0 Å². The fraction of sp³-hybridized carbons (Fsp3) is 0.421. The third-order valence-electron chi connectivity index (χ3n) is 4.75. The van der Waals surface area contributed by atoms with E-state index in [1.54, 1.807) is 30.1 Å². The minimum Gasteiger partial charge on any atom is -0.336 e. The molecule has 1 aliphatic heterocycles. The highest BCUT2D eigenvalue weighted by Crippen LogP contribution is 2.22. The molecule has 25 heavy (non-hydrogen) atoms. The zero-order valence-corrected chi connectivity index (χ0v) is 15.0. The molecule has 2 heterocycles. The van der Waals surface area contributed by atoms with Crippen LogP contribution in [0.1, 0.15) is 52.5 Å². The maximum absolute atomic E-state index is 12.7. The van der Waals surface area contributed by atoms with E-state index in [-0.39, 0.29) is 17.9 Å². The lowest BCUT2D eigenvalue weighted by molar-refractivity contribution is 0.0635. The van der Waals surface area contributed by atoms with E-state index in [4.69, 9.17) is 0 Å². The van der Waals surface area contributed by atoms with Crippen LogP contribution in [-0.4, -0.2) is 39.1 Å². The van der Waals surface area contributed by atoms with Crippen LogP contribution in [0.5, 0.6) is 0 Å². The van der Waals surface area contributed by atoms with E-state index in [1.807, 2.05) is 17.9 Å². The van der Waals surface area contributed by atoms with Crippen LogP contribution in [0, 0.1) is 6.92 Å². The Kier molecular flexibility index (Phi) is 4.88. The Labute approximate surface area is 147 Å². The minimum atomic E-state index is -0.208. The lowest BCUT2D eigenvalue weighted by atomic mass is 10.0. The second-order valence-electron chi connectivity index (χ2n) is 6.73. The molecule has 1 aromatic heterocycles. The van der Waals surface area contributed by atoms with Gasteiger partial charge in [-0.15, -0.1) is 0 Å². The van der Waals surface area contributed by atoms with Gasteiger partial charge in [-0.05, 0) is 56.9 Å². The van der Waals surface area contributed by atoms with E-state index in [1.165, 1.54) is 12.6 Å². The summed E-state index contributed by atoms with van der Waals surface area (Å²) in [7, 11) is 1.77. The van der Waals surface area contributed by atoms with Crippen LogP contribution < -0.4 is 5.32 Å². The average Bonchev–Trinajstić information content (AvgIpc) is 3.03. The van der Waals surface area contributed by atoms with Gasteiger partial charge < -0.3 is 10.2 Å². The van der Waals surface area contributed by atoms with Crippen LogP contribution in [0.15, 0.2) is 30.6 Å². The number of piperidine rings is 1. The molecule has 1 saturated heterocycles. The fourth-order valence-electron chi connectivity index (χ4n) is 3.24. The van der Waals surface area contributed by atoms with Gasteiger partial charge in [0.05, 0.1) is 11.8 Å². The number of carbonyl (C=O) groups is 2. The van der Waals surface area contributed by atoms with Crippen LogP contribution in [0.3, 0.4) is 0 Å². The summed E-state index contributed by atoms with van der Waals surface area (Å²) in [6.45, 7) is 4.82. The maximum Gasteiger partial charge on any atom is 0.258 e. The Morgan fingerprint density at radius 1 is 1.24 bits per heavy atom. The quantitative estimate of drug-likeness (QED) is 0.934. The summed E-state index contributed by atoms with van der Waals surface area (Å²) >= 11 is 0. The van der Waals surface area contributed by atoms with Gasteiger partial charge in [0.2, 0.25) is 0 Å². The van der Waals surface area contributed by atoms with Crippen molar-refractivity contribution >= 4 is 17.5 Å². The summed E-state index contributed by atoms with van der Waals surface area (Å²) in [5, 5.41) is 6.88. The molecular weight excluding hydrogens is 316 g/mol. The van der Waals surface area contributed by atoms with Gasteiger partial charge in [-0.2, -0.15) is 5.10 Å². The predicted octanol–water partition coefficient (Wildman–Crippen LogP) is 3.00. The van der Waals surface area contributed by atoms with Crippen LogP contribution in [0.4, 0.5) is 5.69 Å². The maximum atomic E-state index is 12.7. The van der Waals surface area contributed by atoms with E-state index in [9.17, 15) is 9.59 Å². The number of aromatic nitrogens is 2. The second kappa shape index (κ2) is 7.09. The molecule has 2 amide bonds. The fourth-order valence-corrected chi connectivity index (χ4v) is 3.24. The number of carbonyl (C=O) groups excluding carboxylic acids is 2. The first-order chi connectivity index (χ1) is 12.0. The SMILES string of the molecule is Cc1cc(C(=O)N2CCCCC2C)ccc1NC(=O)c1cnn(C)c1. The van der Waals surface area contributed by atoms with Gasteiger partial charge in [0.1, 0.15) is 0 Å². The van der Waals surface area contributed by atoms with E-state index in [0.717, 1.165) is 24.9 Å². The number of rotatable bonds is 3. The van der Waals surface area contributed by atoms with Gasteiger partial charge in [0.25, 0.3) is 11.8 Å². The van der Waals surface area contributed by atoms with Crippen molar-refractivity contribution in [2.24, 2.45) is 7.05 Å². The molecule has 1 fully saturated rings. The van der Waals surface area contributed by atoms with Crippen molar-refractivity contribution in [2.75, 3.05) is 11.9 Å². The Morgan fingerprint density at radius 3 is 2.68 bits per heavy atom. The first-order valence-electron chi connectivity index (χ1n) is 8.67. The van der Waals surface area contributed by atoms with Crippen molar-refractivity contribution in [3.05, 3.63) is 47.3 Å². The number of nitrogens with one attached hydrogen (secondary N) is 1. The normalized spacial score (nSPS) is 17.4. The standard InChI is InChI=1S/C19H24N4O2/c1-13-10-15(19(25)23-9-5-4-6-14(23)2)7-8-17(13)21-18(24)16-11-20-22(3)12-16/h7-8,10-12,14H,4-6,9H2,1-3H3,(H,21,24). The number of likely N-dealkylation sites (tertiary alicyclic amines) is 1. The molecule has 132 valence electrons. The molecule has 6 nitrogen and oxygen atoms in total. The Morgan fingerprint density at radius 2 is 2.04 bits per heavy atom. The lowest BCUT2D eigenvalue weighted by Gasteiger charge is -2.33. The molecule has 1 atom stereocenters. The first kappa shape index (κ1) is 17.2. The molecule has 1 aliphatic rings. The van der Waals surface area contributed by atoms with Crippen molar-refractivity contribution in [2.45, 2.75) is 39.2 Å². The van der Waals surface area contributed by atoms with Crippen LogP contribution in [0.25, 0.3) is 0 Å². The third kappa shape index (κ3) is 3.73. The first-order valence-corrected chi connectivity index (χ1v) is 8.67. The lowest BCUT2D eigenvalue weighted by Crippen LogP contribution is -2.42. The van der Waals surface area contributed by atoms with Gasteiger partial charge in [-0.1, -0.05) is 0 Å². The van der Waals surface area contributed by atoms with Crippen molar-refractivity contribution < 1.29 is 9.59 Å². The number of aryl methyl sites for hydroxylation is 2. The minimum absolute atomic E-state index is 0.0698. The Balaban J connectivity index is 1.74. The van der Waals surface area contributed by atoms with E-state index in [2.05, 4.69) is 17.3 Å². The smallest absolute Gasteiger partial charge is 0.258 e. The highest BCUT2D eigenvalue weighted by molar-refractivity contribution is 6.04. The summed E-state index contributed by atoms with van der Waals surface area (Å²) in [6.07, 6.45) is 6.50. The highest BCUT2D eigenvalue weighted by Gasteiger charge is 2.24. The van der Waals surface area contributed by atoms with Crippen molar-refractivity contribution in [1.29, 1.82) is 0 Å². The number of hydrogen-bond acceptors (Lipinski definition) is 3. The number of benzene rings is 1. The molecule has 0 saturated carbocycles. The highest BCUT2D eigenvalue weighted by atomic mass is 16.2. The van der Waals surface area contributed by atoms with Gasteiger partial charge in [-0.25, -0.2) is 0 Å². The Bertz CT molecular complexity index is 796. The number of hydrogen-bond donors (Lipinski definition) is 1. The third-order valence-corrected chi connectivity index (χ3v) is 4.75. The van der Waals surface area contributed by atoms with E-state index in [0.29, 0.717) is 16.8 Å². The van der Waals surface area contributed by atoms with E-state index < -0.39 is 0 Å². The molecule has 0 radical (unpaired) electrons. The van der Waals surface area contributed by atoms with Crippen LogP contribution >= 0.6 is 0 Å².